The number of hydrogen-bond donors (Lipinski definition) is 0. The lowest BCUT2D eigenvalue weighted by molar-refractivity contribution is -0.117. The van der Waals surface area contributed by atoms with Gasteiger partial charge in [0, 0.05) is 13.1 Å². The van der Waals surface area contributed by atoms with E-state index in [1.54, 1.807) is 4.90 Å². The van der Waals surface area contributed by atoms with Crippen molar-refractivity contribution in [2.24, 2.45) is 4.99 Å². The third-order valence-corrected chi connectivity index (χ3v) is 3.31. The van der Waals surface area contributed by atoms with Gasteiger partial charge in [0.25, 0.3) is 0 Å². The van der Waals surface area contributed by atoms with Crippen molar-refractivity contribution in [1.29, 1.82) is 0 Å². The van der Waals surface area contributed by atoms with Gasteiger partial charge in [-0.1, -0.05) is 43.7 Å². The fourth-order valence-electron chi connectivity index (χ4n) is 2.11. The molecule has 4 nitrogen and oxygen atoms in total. The largest absolute Gasteiger partial charge is 0.474 e. The number of aryl methyl sites for hydroxylation is 1. The van der Waals surface area contributed by atoms with Gasteiger partial charge in [0.2, 0.25) is 6.41 Å². The number of likely N-dealkylation sites (tertiary alicyclic amines) is 1. The van der Waals surface area contributed by atoms with Crippen LogP contribution < -0.4 is 0 Å². The van der Waals surface area contributed by atoms with Crippen LogP contribution in [0.2, 0.25) is 0 Å². The van der Waals surface area contributed by atoms with Crippen molar-refractivity contribution in [1.82, 2.24) is 4.90 Å². The lowest BCUT2D eigenvalue weighted by atomic mass is 10.1. The molecule has 21 heavy (non-hydrogen) atoms. The van der Waals surface area contributed by atoms with Crippen molar-refractivity contribution >= 4 is 12.8 Å². The minimum absolute atomic E-state index is 0.144. The molecule has 0 saturated carbocycles. The van der Waals surface area contributed by atoms with Gasteiger partial charge in [0.15, 0.2) is 6.40 Å². The minimum atomic E-state index is 0.144. The van der Waals surface area contributed by atoms with Gasteiger partial charge in [-0.25, -0.2) is 0 Å². The minimum Gasteiger partial charge on any atom is -0.474 e. The van der Waals surface area contributed by atoms with Gasteiger partial charge in [0.05, 0.1) is 6.54 Å². The van der Waals surface area contributed by atoms with E-state index < -0.39 is 0 Å². The van der Waals surface area contributed by atoms with Gasteiger partial charge in [-0.05, 0) is 25.3 Å². The maximum Gasteiger partial charge on any atom is 0.209 e. The van der Waals surface area contributed by atoms with Crippen molar-refractivity contribution in [3.63, 3.8) is 0 Å². The van der Waals surface area contributed by atoms with Crippen LogP contribution in [0.25, 0.3) is 0 Å². The summed E-state index contributed by atoms with van der Waals surface area (Å²) in [7, 11) is 0. The smallest absolute Gasteiger partial charge is 0.209 e. The Bertz CT molecular complexity index is 415. The van der Waals surface area contributed by atoms with Gasteiger partial charge in [0.1, 0.15) is 6.10 Å². The number of hydrogen-bond acceptors (Lipinski definition) is 3. The standard InChI is InChI=1S/C10H11NO.C5H9NO.C2H6/c1-8-2-4-9(5-3-8)10-6-11-7-12-10;7-5-6-3-1-2-4-6;1-2/h2-5,7,10H,6H2,1H3;5H,1-4H2;1-2H3. The van der Waals surface area contributed by atoms with Crippen LogP contribution >= 0.6 is 0 Å². The highest BCUT2D eigenvalue weighted by Crippen LogP contribution is 2.20. The molecule has 3 rings (SSSR count). The van der Waals surface area contributed by atoms with E-state index in [9.17, 15) is 4.79 Å². The molecule has 1 saturated heterocycles. The third-order valence-electron chi connectivity index (χ3n) is 3.31. The molecule has 0 radical (unpaired) electrons. The fraction of sp³-hybridized carbons (Fsp3) is 0.529. The van der Waals surface area contributed by atoms with E-state index in [0.29, 0.717) is 0 Å². The number of amides is 1. The van der Waals surface area contributed by atoms with E-state index in [1.807, 2.05) is 13.8 Å². The quantitative estimate of drug-likeness (QED) is 0.784. The first-order chi connectivity index (χ1) is 10.3. The molecule has 1 unspecified atom stereocenters. The Morgan fingerprint density at radius 2 is 1.81 bits per heavy atom. The van der Waals surface area contributed by atoms with Crippen molar-refractivity contribution in [2.45, 2.75) is 39.7 Å². The summed E-state index contributed by atoms with van der Waals surface area (Å²) in [5.41, 5.74) is 2.48. The maximum atomic E-state index is 9.93. The number of nitrogens with zero attached hydrogens (tertiary/aromatic N) is 2. The second-order valence-corrected chi connectivity index (χ2v) is 4.85. The van der Waals surface area contributed by atoms with Crippen LogP contribution in [-0.2, 0) is 9.53 Å². The summed E-state index contributed by atoms with van der Waals surface area (Å²) in [6.45, 7) is 8.78. The molecule has 1 aromatic carbocycles. The van der Waals surface area contributed by atoms with Gasteiger partial charge < -0.3 is 9.64 Å². The molecule has 2 heterocycles. The number of rotatable bonds is 2. The molecule has 0 N–H and O–H groups in total. The van der Waals surface area contributed by atoms with Crippen LogP contribution in [0.3, 0.4) is 0 Å². The first-order valence-corrected chi connectivity index (χ1v) is 7.69. The molecular weight excluding hydrogens is 264 g/mol. The second kappa shape index (κ2) is 9.97. The zero-order valence-corrected chi connectivity index (χ0v) is 13.3. The summed E-state index contributed by atoms with van der Waals surface area (Å²) in [4.78, 5) is 15.8. The van der Waals surface area contributed by atoms with E-state index in [0.717, 1.165) is 26.0 Å². The van der Waals surface area contributed by atoms with Crippen molar-refractivity contribution in [3.8, 4) is 0 Å². The molecule has 0 bridgehead atoms. The predicted octanol–water partition coefficient (Wildman–Crippen LogP) is 3.36. The molecular formula is C17H26N2O2. The average Bonchev–Trinajstić information content (AvgIpc) is 3.24. The highest BCUT2D eigenvalue weighted by Gasteiger charge is 2.13. The molecule has 1 atom stereocenters. The Hall–Kier alpha value is -1.84. The zero-order valence-electron chi connectivity index (χ0n) is 13.3. The summed E-state index contributed by atoms with van der Waals surface area (Å²) in [6, 6.07) is 8.37. The van der Waals surface area contributed by atoms with Crippen LogP contribution in [0.1, 0.15) is 43.9 Å². The summed E-state index contributed by atoms with van der Waals surface area (Å²) < 4.78 is 5.29. The zero-order chi connectivity index (χ0) is 15.5. The third kappa shape index (κ3) is 5.98. The van der Waals surface area contributed by atoms with Crippen LogP contribution in [0.5, 0.6) is 0 Å². The van der Waals surface area contributed by atoms with E-state index in [-0.39, 0.29) is 6.10 Å². The number of ether oxygens (including phenoxy) is 1. The molecule has 1 amide bonds. The molecule has 0 aromatic heterocycles. The van der Waals surface area contributed by atoms with Crippen molar-refractivity contribution in [3.05, 3.63) is 35.4 Å². The molecule has 0 spiro atoms. The molecule has 1 aromatic rings. The van der Waals surface area contributed by atoms with E-state index in [4.69, 9.17) is 4.74 Å². The Labute approximate surface area is 127 Å². The number of carbonyl (C=O) groups excluding carboxylic acids is 1. The molecule has 1 fully saturated rings. The summed E-state index contributed by atoms with van der Waals surface area (Å²) in [6.07, 6.45) is 4.99. The number of carbonyl (C=O) groups is 1. The van der Waals surface area contributed by atoms with Crippen molar-refractivity contribution < 1.29 is 9.53 Å². The number of benzene rings is 1. The normalized spacial score (nSPS) is 19.0. The summed E-state index contributed by atoms with van der Waals surface area (Å²) in [5, 5.41) is 0. The van der Waals surface area contributed by atoms with Gasteiger partial charge in [-0.2, -0.15) is 0 Å². The second-order valence-electron chi connectivity index (χ2n) is 4.85. The highest BCUT2D eigenvalue weighted by atomic mass is 16.5. The van der Waals surface area contributed by atoms with Crippen LogP contribution in [0.4, 0.5) is 0 Å². The van der Waals surface area contributed by atoms with Crippen LogP contribution in [0.15, 0.2) is 29.3 Å². The van der Waals surface area contributed by atoms with Crippen LogP contribution in [-0.4, -0.2) is 37.3 Å². The van der Waals surface area contributed by atoms with Gasteiger partial charge in [-0.15, -0.1) is 0 Å². The Kier molecular flexibility index (Phi) is 8.17. The lowest BCUT2D eigenvalue weighted by Gasteiger charge is -2.08. The highest BCUT2D eigenvalue weighted by molar-refractivity contribution is 5.50. The monoisotopic (exact) mass is 290 g/mol. The predicted molar refractivity (Wildman–Crippen MR) is 86.6 cm³/mol. The molecule has 2 aliphatic rings. The van der Waals surface area contributed by atoms with Gasteiger partial charge in [-0.3, -0.25) is 9.79 Å². The molecule has 0 aliphatic carbocycles. The molecule has 4 heteroatoms. The lowest BCUT2D eigenvalue weighted by Crippen LogP contribution is -2.15. The molecule has 2 aliphatic heterocycles. The summed E-state index contributed by atoms with van der Waals surface area (Å²) in [5.74, 6) is 0. The van der Waals surface area contributed by atoms with Crippen LogP contribution in [0, 0.1) is 6.92 Å². The van der Waals surface area contributed by atoms with E-state index in [2.05, 4.69) is 36.2 Å². The summed E-state index contributed by atoms with van der Waals surface area (Å²) >= 11 is 0. The SMILES string of the molecule is CC.Cc1ccc(C2CN=CO2)cc1.O=CN1CCCC1. The Morgan fingerprint density at radius 3 is 2.24 bits per heavy atom. The topological polar surface area (TPSA) is 41.9 Å². The maximum absolute atomic E-state index is 9.93. The average molecular weight is 290 g/mol. The molecule has 116 valence electrons. The Morgan fingerprint density at radius 1 is 1.19 bits per heavy atom. The first kappa shape index (κ1) is 17.2. The van der Waals surface area contributed by atoms with Gasteiger partial charge >= 0.3 is 0 Å². The fourth-order valence-corrected chi connectivity index (χ4v) is 2.11. The van der Waals surface area contributed by atoms with E-state index in [1.165, 1.54) is 30.4 Å². The van der Waals surface area contributed by atoms with E-state index >= 15 is 0 Å². The van der Waals surface area contributed by atoms with Crippen molar-refractivity contribution in [2.75, 3.05) is 19.6 Å². The Balaban J connectivity index is 0.000000210. The number of aliphatic imine (C=N–C) groups is 1. The first-order valence-electron chi connectivity index (χ1n) is 7.69.